The first-order valence-corrected chi connectivity index (χ1v) is 7.55. The van der Waals surface area contributed by atoms with E-state index in [1.807, 2.05) is 12.1 Å². The number of aromatic nitrogens is 2. The molecule has 1 aromatic carbocycles. The van der Waals surface area contributed by atoms with E-state index in [9.17, 15) is 0 Å². The van der Waals surface area contributed by atoms with E-state index in [0.29, 0.717) is 17.2 Å². The van der Waals surface area contributed by atoms with Crippen LogP contribution in [-0.4, -0.2) is 25.9 Å². The molecular weight excluding hydrogens is 280 g/mol. The van der Waals surface area contributed by atoms with E-state index in [-0.39, 0.29) is 0 Å². The highest BCUT2D eigenvalue weighted by molar-refractivity contribution is 5.53. The molecule has 1 heterocycles. The van der Waals surface area contributed by atoms with Crippen molar-refractivity contribution < 1.29 is 18.8 Å². The monoisotopic (exact) mass is 305 g/mol. The predicted octanol–water partition coefficient (Wildman–Crippen LogP) is 2.65. The minimum Gasteiger partial charge on any atom is -0.493 e. The van der Waals surface area contributed by atoms with Crippen molar-refractivity contribution in [2.45, 2.75) is 32.9 Å². The Morgan fingerprint density at radius 2 is 1.73 bits per heavy atom. The molecule has 0 aliphatic rings. The molecule has 0 radical (unpaired) electrons. The molecule has 22 heavy (non-hydrogen) atoms. The summed E-state index contributed by atoms with van der Waals surface area (Å²) >= 11 is 0. The third-order valence-electron chi connectivity index (χ3n) is 3.61. The van der Waals surface area contributed by atoms with E-state index in [1.165, 1.54) is 12.8 Å². The number of hydrogen-bond acceptors (Lipinski definition) is 3. The van der Waals surface area contributed by atoms with Crippen molar-refractivity contribution in [1.29, 1.82) is 0 Å². The first-order chi connectivity index (χ1) is 10.7. The third kappa shape index (κ3) is 3.72. The van der Waals surface area contributed by atoms with Crippen LogP contribution in [0.2, 0.25) is 0 Å². The topological polar surface area (TPSA) is 36.5 Å². The fraction of sp³-hybridized carbons (Fsp3) is 0.471. The molecular formula is C17H25N2O3+. The van der Waals surface area contributed by atoms with Crippen LogP contribution in [-0.2, 0) is 13.1 Å². The number of unbranched alkanes of at least 4 members (excludes halogenated alkanes) is 1. The van der Waals surface area contributed by atoms with Crippen LogP contribution >= 0.6 is 0 Å². The minimum atomic E-state index is 0.624. The molecule has 2 aromatic rings. The van der Waals surface area contributed by atoms with Crippen molar-refractivity contribution in [1.82, 2.24) is 4.57 Å². The fourth-order valence-electron chi connectivity index (χ4n) is 2.44. The molecule has 0 aliphatic heterocycles. The Morgan fingerprint density at radius 1 is 1.05 bits per heavy atom. The number of benzene rings is 1. The van der Waals surface area contributed by atoms with Crippen LogP contribution in [0.4, 0.5) is 0 Å². The summed E-state index contributed by atoms with van der Waals surface area (Å²) in [4.78, 5) is 0. The van der Waals surface area contributed by atoms with Crippen LogP contribution in [0.5, 0.6) is 17.2 Å². The Labute approximate surface area is 132 Å². The maximum atomic E-state index is 5.40. The summed E-state index contributed by atoms with van der Waals surface area (Å²) in [5.41, 5.74) is 1.10. The van der Waals surface area contributed by atoms with Crippen molar-refractivity contribution in [3.63, 3.8) is 0 Å². The molecule has 5 nitrogen and oxygen atoms in total. The molecule has 0 saturated carbocycles. The molecule has 0 fully saturated rings. The molecule has 0 N–H and O–H groups in total. The Bertz CT molecular complexity index is 583. The zero-order valence-electron chi connectivity index (χ0n) is 13.8. The standard InChI is InChI=1S/C17H25N2O3/c1-5-6-7-18-8-9-19(13-18)12-14-10-15(20-2)17(22-4)16(11-14)21-3/h8-11,13H,5-7,12H2,1-4H3/q+1. The van der Waals surface area contributed by atoms with Crippen LogP contribution in [0.25, 0.3) is 0 Å². The summed E-state index contributed by atoms with van der Waals surface area (Å²) in [5.74, 6) is 1.99. The minimum absolute atomic E-state index is 0.624. The number of nitrogens with zero attached hydrogens (tertiary/aromatic N) is 2. The van der Waals surface area contributed by atoms with Gasteiger partial charge in [-0.25, -0.2) is 9.13 Å². The lowest BCUT2D eigenvalue weighted by atomic mass is 10.2. The van der Waals surface area contributed by atoms with Crippen LogP contribution in [0.15, 0.2) is 30.9 Å². The number of aryl methyl sites for hydroxylation is 1. The van der Waals surface area contributed by atoms with Gasteiger partial charge in [0.25, 0.3) is 0 Å². The van der Waals surface area contributed by atoms with Gasteiger partial charge in [-0.1, -0.05) is 13.3 Å². The normalized spacial score (nSPS) is 10.5. The van der Waals surface area contributed by atoms with Crippen molar-refractivity contribution in [3.05, 3.63) is 36.4 Å². The molecule has 0 unspecified atom stereocenters. The van der Waals surface area contributed by atoms with Crippen LogP contribution in [0, 0.1) is 0 Å². The third-order valence-corrected chi connectivity index (χ3v) is 3.61. The van der Waals surface area contributed by atoms with Gasteiger partial charge < -0.3 is 14.2 Å². The van der Waals surface area contributed by atoms with Gasteiger partial charge in [-0.2, -0.15) is 0 Å². The first-order valence-electron chi connectivity index (χ1n) is 7.55. The second-order valence-corrected chi connectivity index (χ2v) is 5.21. The van der Waals surface area contributed by atoms with Crippen LogP contribution in [0.1, 0.15) is 25.3 Å². The van der Waals surface area contributed by atoms with Gasteiger partial charge >= 0.3 is 0 Å². The molecule has 120 valence electrons. The van der Waals surface area contributed by atoms with E-state index in [4.69, 9.17) is 14.2 Å². The van der Waals surface area contributed by atoms with Gasteiger partial charge in [0, 0.05) is 5.56 Å². The van der Waals surface area contributed by atoms with Gasteiger partial charge in [-0.3, -0.25) is 0 Å². The first kappa shape index (κ1) is 16.2. The lowest BCUT2D eigenvalue weighted by Gasteiger charge is -2.13. The fourth-order valence-corrected chi connectivity index (χ4v) is 2.44. The number of methoxy groups -OCH3 is 3. The van der Waals surface area contributed by atoms with Gasteiger partial charge in [0.05, 0.1) is 27.9 Å². The summed E-state index contributed by atoms with van der Waals surface area (Å²) in [6.45, 7) is 4.02. The maximum absolute atomic E-state index is 5.40. The molecule has 0 bridgehead atoms. The van der Waals surface area contributed by atoms with Crippen molar-refractivity contribution in [3.8, 4) is 17.2 Å². The van der Waals surface area contributed by atoms with Gasteiger partial charge in [-0.05, 0) is 18.6 Å². The summed E-state index contributed by atoms with van der Waals surface area (Å²) in [6, 6.07) is 3.97. The Hall–Kier alpha value is -2.17. The highest BCUT2D eigenvalue weighted by Gasteiger charge is 2.14. The van der Waals surface area contributed by atoms with Gasteiger partial charge in [0.2, 0.25) is 12.1 Å². The van der Waals surface area contributed by atoms with E-state index < -0.39 is 0 Å². The van der Waals surface area contributed by atoms with Crippen molar-refractivity contribution in [2.75, 3.05) is 21.3 Å². The molecule has 0 saturated heterocycles. The maximum Gasteiger partial charge on any atom is 0.244 e. The van der Waals surface area contributed by atoms with Gasteiger partial charge in [-0.15, -0.1) is 0 Å². The zero-order chi connectivity index (χ0) is 15.9. The molecule has 0 aliphatic carbocycles. The number of ether oxygens (including phenoxy) is 3. The van der Waals surface area contributed by atoms with Gasteiger partial charge in [0.1, 0.15) is 18.9 Å². The van der Waals surface area contributed by atoms with E-state index in [0.717, 1.165) is 18.7 Å². The number of rotatable bonds is 8. The Kier molecular flexibility index (Phi) is 5.69. The molecule has 0 atom stereocenters. The zero-order valence-corrected chi connectivity index (χ0v) is 13.8. The average molecular weight is 305 g/mol. The summed E-state index contributed by atoms with van der Waals surface area (Å²) in [5, 5.41) is 0. The van der Waals surface area contributed by atoms with E-state index >= 15 is 0 Å². The molecule has 0 spiro atoms. The van der Waals surface area contributed by atoms with Crippen LogP contribution in [0.3, 0.4) is 0 Å². The second kappa shape index (κ2) is 7.73. The number of imidazole rings is 1. The quantitative estimate of drug-likeness (QED) is 0.704. The molecule has 1 aromatic heterocycles. The predicted molar refractivity (Wildman–Crippen MR) is 84.7 cm³/mol. The van der Waals surface area contributed by atoms with Crippen molar-refractivity contribution in [2.24, 2.45) is 0 Å². The lowest BCUT2D eigenvalue weighted by Crippen LogP contribution is -2.31. The summed E-state index contributed by atoms with van der Waals surface area (Å²) < 4.78 is 20.5. The van der Waals surface area contributed by atoms with Crippen molar-refractivity contribution >= 4 is 0 Å². The summed E-state index contributed by atoms with van der Waals surface area (Å²) in [6.07, 6.45) is 8.70. The van der Waals surface area contributed by atoms with Gasteiger partial charge in [0.15, 0.2) is 11.5 Å². The lowest BCUT2D eigenvalue weighted by molar-refractivity contribution is -0.687. The number of hydrogen-bond donors (Lipinski definition) is 0. The second-order valence-electron chi connectivity index (χ2n) is 5.21. The SMILES string of the molecule is CCCCn1cc[n+](Cc2cc(OC)c(OC)c(OC)c2)c1. The van der Waals surface area contributed by atoms with Crippen LogP contribution < -0.4 is 18.8 Å². The molecule has 0 amide bonds. The smallest absolute Gasteiger partial charge is 0.244 e. The Morgan fingerprint density at radius 3 is 2.27 bits per heavy atom. The van der Waals surface area contributed by atoms with E-state index in [2.05, 4.69) is 34.8 Å². The van der Waals surface area contributed by atoms with E-state index in [1.54, 1.807) is 21.3 Å². The highest BCUT2D eigenvalue weighted by atomic mass is 16.5. The summed E-state index contributed by atoms with van der Waals surface area (Å²) in [7, 11) is 4.88. The highest BCUT2D eigenvalue weighted by Crippen LogP contribution is 2.38. The molecule has 5 heteroatoms. The average Bonchev–Trinajstić information content (AvgIpc) is 2.99. The Balaban J connectivity index is 2.20. The largest absolute Gasteiger partial charge is 0.493 e. The molecule has 2 rings (SSSR count).